The van der Waals surface area contributed by atoms with E-state index >= 15 is 0 Å². The normalized spacial score (nSPS) is 18.0. The van der Waals surface area contributed by atoms with Crippen molar-refractivity contribution in [3.05, 3.63) is 57.9 Å². The Morgan fingerprint density at radius 3 is 2.58 bits per heavy atom. The monoisotopic (exact) mass is 372 g/mol. The van der Waals surface area contributed by atoms with Gasteiger partial charge in [0.2, 0.25) is 0 Å². The summed E-state index contributed by atoms with van der Waals surface area (Å²) in [4.78, 5) is 14.4. The Bertz CT molecular complexity index is 842. The number of rotatable bonds is 3. The molecule has 4 rings (SSSR count). The third-order valence-electron chi connectivity index (χ3n) is 5.70. The number of piperidine rings is 1. The molecule has 136 valence electrons. The molecule has 1 N–H and O–H groups in total. The smallest absolute Gasteiger partial charge is 0.253 e. The van der Waals surface area contributed by atoms with E-state index in [1.54, 1.807) is 0 Å². The van der Waals surface area contributed by atoms with Gasteiger partial charge < -0.3 is 10.2 Å². The van der Waals surface area contributed by atoms with Crippen molar-refractivity contribution in [2.45, 2.75) is 32.2 Å². The fraction of sp³-hybridized carbons (Fsp3) is 0.381. The van der Waals surface area contributed by atoms with Crippen LogP contribution in [0.5, 0.6) is 0 Å². The third kappa shape index (κ3) is 3.01. The summed E-state index contributed by atoms with van der Waals surface area (Å²) in [5.41, 5.74) is 3.37. The Hall–Kier alpha value is -1.91. The second-order valence-electron chi connectivity index (χ2n) is 7.09. The van der Waals surface area contributed by atoms with Crippen molar-refractivity contribution in [1.29, 1.82) is 0 Å². The molecule has 0 bridgehead atoms. The van der Waals surface area contributed by atoms with Crippen LogP contribution in [0.3, 0.4) is 0 Å². The Labute approximate surface area is 158 Å². The minimum Gasteiger partial charge on any atom is -0.348 e. The minimum atomic E-state index is -0.381. The standard InChI is InChI=1S/C21H22ClFN2O/c1-2-25-9-7-14(8-10-25)13-3-5-15(6-4-13)16-11-18(23)17-12-24-21(26)19(17)20(16)22/h3-6,11,14H,2,7-10,12H2,1H3,(H,24,26). The Morgan fingerprint density at radius 1 is 1.23 bits per heavy atom. The van der Waals surface area contributed by atoms with Gasteiger partial charge in [0.15, 0.2) is 0 Å². The molecular weight excluding hydrogens is 351 g/mol. The molecule has 0 spiro atoms. The maximum Gasteiger partial charge on any atom is 0.253 e. The number of benzene rings is 2. The summed E-state index contributed by atoms with van der Waals surface area (Å²) in [6.45, 7) is 5.80. The molecule has 1 amide bonds. The number of carbonyl (C=O) groups is 1. The van der Waals surface area contributed by atoms with Crippen LogP contribution >= 0.6 is 11.6 Å². The van der Waals surface area contributed by atoms with Crippen molar-refractivity contribution in [2.24, 2.45) is 0 Å². The number of hydrogen-bond acceptors (Lipinski definition) is 2. The van der Waals surface area contributed by atoms with Gasteiger partial charge in [-0.2, -0.15) is 0 Å². The van der Waals surface area contributed by atoms with E-state index in [4.69, 9.17) is 11.6 Å². The van der Waals surface area contributed by atoms with Crippen LogP contribution in [-0.2, 0) is 6.54 Å². The van der Waals surface area contributed by atoms with E-state index < -0.39 is 0 Å². The predicted octanol–water partition coefficient (Wildman–Crippen LogP) is 4.59. The first-order valence-corrected chi connectivity index (χ1v) is 9.58. The highest BCUT2D eigenvalue weighted by Gasteiger charge is 2.28. The van der Waals surface area contributed by atoms with E-state index in [0.717, 1.165) is 25.2 Å². The fourth-order valence-electron chi connectivity index (χ4n) is 4.06. The van der Waals surface area contributed by atoms with Crippen LogP contribution in [0, 0.1) is 5.82 Å². The average molecular weight is 373 g/mol. The molecule has 0 radical (unpaired) electrons. The molecule has 2 aliphatic heterocycles. The predicted molar refractivity (Wildman–Crippen MR) is 102 cm³/mol. The van der Waals surface area contributed by atoms with Crippen LogP contribution < -0.4 is 5.32 Å². The SMILES string of the molecule is CCN1CCC(c2ccc(-c3cc(F)c4c(c3Cl)C(=O)NC4)cc2)CC1. The van der Waals surface area contributed by atoms with Crippen molar-refractivity contribution >= 4 is 17.5 Å². The maximum atomic E-state index is 14.4. The quantitative estimate of drug-likeness (QED) is 0.854. The summed E-state index contributed by atoms with van der Waals surface area (Å²) in [7, 11) is 0. The van der Waals surface area contributed by atoms with Crippen LogP contribution in [0.15, 0.2) is 30.3 Å². The van der Waals surface area contributed by atoms with Gasteiger partial charge in [0.1, 0.15) is 5.82 Å². The molecule has 3 nitrogen and oxygen atoms in total. The van der Waals surface area contributed by atoms with Crippen LogP contribution in [-0.4, -0.2) is 30.4 Å². The van der Waals surface area contributed by atoms with Gasteiger partial charge in [0, 0.05) is 17.7 Å². The van der Waals surface area contributed by atoms with Crippen LogP contribution in [0.1, 0.15) is 47.2 Å². The van der Waals surface area contributed by atoms with Crippen LogP contribution in [0.4, 0.5) is 4.39 Å². The van der Waals surface area contributed by atoms with Gasteiger partial charge in [-0.25, -0.2) is 4.39 Å². The van der Waals surface area contributed by atoms with E-state index in [0.29, 0.717) is 22.1 Å². The Balaban J connectivity index is 1.61. The minimum absolute atomic E-state index is 0.204. The van der Waals surface area contributed by atoms with Gasteiger partial charge in [0.05, 0.1) is 10.6 Å². The lowest BCUT2D eigenvalue weighted by Crippen LogP contribution is -2.32. The fourth-order valence-corrected chi connectivity index (χ4v) is 4.42. The second kappa shape index (κ2) is 7.01. The molecule has 26 heavy (non-hydrogen) atoms. The van der Waals surface area contributed by atoms with Gasteiger partial charge >= 0.3 is 0 Å². The van der Waals surface area contributed by atoms with E-state index in [9.17, 15) is 9.18 Å². The molecular formula is C21H22ClFN2O. The third-order valence-corrected chi connectivity index (χ3v) is 6.09. The summed E-state index contributed by atoms with van der Waals surface area (Å²) < 4.78 is 14.4. The molecule has 1 saturated heterocycles. The second-order valence-corrected chi connectivity index (χ2v) is 7.46. The number of fused-ring (bicyclic) bond motifs is 1. The zero-order valence-corrected chi connectivity index (χ0v) is 15.6. The lowest BCUT2D eigenvalue weighted by Gasteiger charge is -2.31. The average Bonchev–Trinajstić information content (AvgIpc) is 3.07. The molecule has 2 aromatic rings. The largest absolute Gasteiger partial charge is 0.348 e. The topological polar surface area (TPSA) is 32.3 Å². The molecule has 2 aromatic carbocycles. The molecule has 2 aliphatic rings. The van der Waals surface area contributed by atoms with Gasteiger partial charge in [-0.1, -0.05) is 42.8 Å². The van der Waals surface area contributed by atoms with E-state index in [2.05, 4.69) is 29.3 Å². The van der Waals surface area contributed by atoms with Crippen molar-refractivity contribution in [3.8, 4) is 11.1 Å². The Morgan fingerprint density at radius 2 is 1.92 bits per heavy atom. The summed E-state index contributed by atoms with van der Waals surface area (Å²) in [6, 6.07) is 9.64. The summed E-state index contributed by atoms with van der Waals surface area (Å²) >= 11 is 6.44. The van der Waals surface area contributed by atoms with E-state index in [-0.39, 0.29) is 23.8 Å². The molecule has 0 atom stereocenters. The molecule has 2 heterocycles. The van der Waals surface area contributed by atoms with Gasteiger partial charge in [-0.3, -0.25) is 4.79 Å². The van der Waals surface area contributed by atoms with E-state index in [1.807, 2.05) is 12.1 Å². The number of nitrogens with one attached hydrogen (secondary N) is 1. The van der Waals surface area contributed by atoms with Gasteiger partial charge in [0.25, 0.3) is 5.91 Å². The molecule has 5 heteroatoms. The van der Waals surface area contributed by atoms with Crippen molar-refractivity contribution < 1.29 is 9.18 Å². The first-order valence-electron chi connectivity index (χ1n) is 9.20. The maximum absolute atomic E-state index is 14.4. The zero-order chi connectivity index (χ0) is 18.3. The first kappa shape index (κ1) is 17.5. The van der Waals surface area contributed by atoms with Crippen molar-refractivity contribution in [2.75, 3.05) is 19.6 Å². The Kier molecular flexibility index (Phi) is 4.72. The number of amides is 1. The number of likely N-dealkylation sites (tertiary alicyclic amines) is 1. The van der Waals surface area contributed by atoms with Crippen molar-refractivity contribution in [1.82, 2.24) is 10.2 Å². The molecule has 0 aromatic heterocycles. The summed E-state index contributed by atoms with van der Waals surface area (Å²) in [5.74, 6) is -0.108. The molecule has 0 unspecified atom stereocenters. The lowest BCUT2D eigenvalue weighted by atomic mass is 9.88. The molecule has 0 aliphatic carbocycles. The zero-order valence-electron chi connectivity index (χ0n) is 14.8. The lowest BCUT2D eigenvalue weighted by molar-refractivity contribution is 0.0966. The number of carbonyl (C=O) groups excluding carboxylic acids is 1. The van der Waals surface area contributed by atoms with Crippen LogP contribution in [0.25, 0.3) is 11.1 Å². The highest BCUT2D eigenvalue weighted by Crippen LogP contribution is 2.37. The highest BCUT2D eigenvalue weighted by molar-refractivity contribution is 6.37. The van der Waals surface area contributed by atoms with Gasteiger partial charge in [-0.15, -0.1) is 0 Å². The molecule has 0 saturated carbocycles. The number of nitrogens with zero attached hydrogens (tertiary/aromatic N) is 1. The van der Waals surface area contributed by atoms with Crippen LogP contribution in [0.2, 0.25) is 5.02 Å². The summed E-state index contributed by atoms with van der Waals surface area (Å²) in [5, 5.41) is 2.97. The van der Waals surface area contributed by atoms with E-state index in [1.165, 1.54) is 24.5 Å². The molecule has 1 fully saturated rings. The summed E-state index contributed by atoms with van der Waals surface area (Å²) in [6.07, 6.45) is 2.34. The number of hydrogen-bond donors (Lipinski definition) is 1. The number of halogens is 2. The first-order chi connectivity index (χ1) is 12.6. The van der Waals surface area contributed by atoms with Crippen molar-refractivity contribution in [3.63, 3.8) is 0 Å². The highest BCUT2D eigenvalue weighted by atomic mass is 35.5. The van der Waals surface area contributed by atoms with Gasteiger partial charge in [-0.05, 0) is 55.6 Å².